The molecule has 0 bridgehead atoms. The number of anilines is 1. The van der Waals surface area contributed by atoms with E-state index in [0.29, 0.717) is 18.2 Å². The molecule has 110 valence electrons. The SMILES string of the molecule is CC(C)C1CC(Nc2ccc(F)c([N+](=O)[O-])c2)CCO1. The maximum atomic E-state index is 13.3. The molecule has 2 unspecified atom stereocenters. The molecule has 2 atom stereocenters. The molecule has 1 saturated heterocycles. The van der Waals surface area contributed by atoms with Crippen LogP contribution in [0.5, 0.6) is 0 Å². The maximum Gasteiger partial charge on any atom is 0.306 e. The number of halogens is 1. The molecule has 1 aromatic rings. The zero-order valence-electron chi connectivity index (χ0n) is 11.6. The second-order valence-electron chi connectivity index (χ2n) is 5.44. The normalized spacial score (nSPS) is 22.8. The average molecular weight is 282 g/mol. The van der Waals surface area contributed by atoms with E-state index in [4.69, 9.17) is 4.74 Å². The number of nitrogens with zero attached hydrogens (tertiary/aromatic N) is 1. The first-order valence-corrected chi connectivity index (χ1v) is 6.79. The molecule has 1 heterocycles. The first kappa shape index (κ1) is 14.7. The molecule has 2 rings (SSSR count). The molecule has 20 heavy (non-hydrogen) atoms. The Labute approximate surface area is 117 Å². The third kappa shape index (κ3) is 3.45. The minimum Gasteiger partial charge on any atom is -0.382 e. The lowest BCUT2D eigenvalue weighted by atomic mass is 9.95. The summed E-state index contributed by atoms with van der Waals surface area (Å²) in [7, 11) is 0. The minimum absolute atomic E-state index is 0.191. The van der Waals surface area contributed by atoms with Crippen LogP contribution in [0.1, 0.15) is 26.7 Å². The van der Waals surface area contributed by atoms with E-state index in [2.05, 4.69) is 19.2 Å². The summed E-state index contributed by atoms with van der Waals surface area (Å²) in [5.74, 6) is -0.380. The zero-order valence-corrected chi connectivity index (χ0v) is 11.6. The molecule has 1 aliphatic heterocycles. The quantitative estimate of drug-likeness (QED) is 0.679. The van der Waals surface area contributed by atoms with Gasteiger partial charge in [0.2, 0.25) is 5.82 Å². The van der Waals surface area contributed by atoms with Gasteiger partial charge in [-0.15, -0.1) is 0 Å². The van der Waals surface area contributed by atoms with Crippen LogP contribution in [0.4, 0.5) is 15.8 Å². The Balaban J connectivity index is 2.06. The summed E-state index contributed by atoms with van der Waals surface area (Å²) in [5, 5.41) is 14.0. The van der Waals surface area contributed by atoms with E-state index in [-0.39, 0.29) is 12.1 Å². The van der Waals surface area contributed by atoms with Crippen molar-refractivity contribution in [2.24, 2.45) is 5.92 Å². The highest BCUT2D eigenvalue weighted by Gasteiger charge is 2.25. The van der Waals surface area contributed by atoms with Crippen molar-refractivity contribution in [3.8, 4) is 0 Å². The number of hydrogen-bond donors (Lipinski definition) is 1. The van der Waals surface area contributed by atoms with Crippen molar-refractivity contribution in [3.63, 3.8) is 0 Å². The lowest BCUT2D eigenvalue weighted by molar-refractivity contribution is -0.387. The van der Waals surface area contributed by atoms with Gasteiger partial charge in [-0.3, -0.25) is 10.1 Å². The predicted molar refractivity (Wildman–Crippen MR) is 74.3 cm³/mol. The van der Waals surface area contributed by atoms with Gasteiger partial charge in [-0.2, -0.15) is 4.39 Å². The molecule has 1 aliphatic rings. The Bertz CT molecular complexity index is 493. The first-order valence-electron chi connectivity index (χ1n) is 6.79. The Morgan fingerprint density at radius 3 is 2.90 bits per heavy atom. The highest BCUT2D eigenvalue weighted by Crippen LogP contribution is 2.26. The second-order valence-corrected chi connectivity index (χ2v) is 5.44. The molecular weight excluding hydrogens is 263 g/mol. The molecule has 0 spiro atoms. The second kappa shape index (κ2) is 6.17. The smallest absolute Gasteiger partial charge is 0.306 e. The topological polar surface area (TPSA) is 64.4 Å². The van der Waals surface area contributed by atoms with E-state index < -0.39 is 16.4 Å². The van der Waals surface area contributed by atoms with Crippen molar-refractivity contribution in [3.05, 3.63) is 34.1 Å². The summed E-state index contributed by atoms with van der Waals surface area (Å²) >= 11 is 0. The number of nitro benzene ring substituents is 1. The van der Waals surface area contributed by atoms with Crippen LogP contribution in [-0.4, -0.2) is 23.7 Å². The van der Waals surface area contributed by atoms with Crippen molar-refractivity contribution < 1.29 is 14.1 Å². The molecule has 0 saturated carbocycles. The van der Waals surface area contributed by atoms with Gasteiger partial charge in [-0.05, 0) is 30.9 Å². The van der Waals surface area contributed by atoms with Crippen LogP contribution in [-0.2, 0) is 4.74 Å². The van der Waals surface area contributed by atoms with Gasteiger partial charge in [0, 0.05) is 24.4 Å². The lowest BCUT2D eigenvalue weighted by Gasteiger charge is -2.32. The Morgan fingerprint density at radius 2 is 2.25 bits per heavy atom. The number of rotatable bonds is 4. The van der Waals surface area contributed by atoms with Gasteiger partial charge in [-0.25, -0.2) is 0 Å². The van der Waals surface area contributed by atoms with Gasteiger partial charge in [0.1, 0.15) is 0 Å². The summed E-state index contributed by atoms with van der Waals surface area (Å²) < 4.78 is 19.0. The van der Waals surface area contributed by atoms with Crippen molar-refractivity contribution >= 4 is 11.4 Å². The summed E-state index contributed by atoms with van der Waals surface area (Å²) in [6.07, 6.45) is 1.88. The van der Waals surface area contributed by atoms with Crippen LogP contribution in [0, 0.1) is 21.8 Å². The Hall–Kier alpha value is -1.69. The van der Waals surface area contributed by atoms with E-state index in [9.17, 15) is 14.5 Å². The number of hydrogen-bond acceptors (Lipinski definition) is 4. The number of nitro groups is 1. The van der Waals surface area contributed by atoms with Gasteiger partial charge >= 0.3 is 5.69 Å². The van der Waals surface area contributed by atoms with E-state index in [1.54, 1.807) is 0 Å². The number of ether oxygens (including phenoxy) is 1. The van der Waals surface area contributed by atoms with Crippen LogP contribution >= 0.6 is 0 Å². The molecule has 0 amide bonds. The average Bonchev–Trinajstić information content (AvgIpc) is 2.41. The van der Waals surface area contributed by atoms with E-state index in [1.165, 1.54) is 12.1 Å². The third-order valence-corrected chi connectivity index (χ3v) is 3.57. The van der Waals surface area contributed by atoms with E-state index in [1.807, 2.05) is 0 Å². The largest absolute Gasteiger partial charge is 0.382 e. The fraction of sp³-hybridized carbons (Fsp3) is 0.571. The van der Waals surface area contributed by atoms with Crippen molar-refractivity contribution in [1.82, 2.24) is 0 Å². The van der Waals surface area contributed by atoms with Crippen LogP contribution in [0.15, 0.2) is 18.2 Å². The molecule has 1 fully saturated rings. The van der Waals surface area contributed by atoms with Crippen LogP contribution in [0.25, 0.3) is 0 Å². The molecule has 0 aliphatic carbocycles. The minimum atomic E-state index is -0.812. The fourth-order valence-electron chi connectivity index (χ4n) is 2.40. The molecule has 1 N–H and O–H groups in total. The van der Waals surface area contributed by atoms with Crippen LogP contribution in [0.3, 0.4) is 0 Å². The van der Waals surface area contributed by atoms with Gasteiger partial charge in [0.15, 0.2) is 0 Å². The van der Waals surface area contributed by atoms with Crippen molar-refractivity contribution in [1.29, 1.82) is 0 Å². The number of benzene rings is 1. The maximum absolute atomic E-state index is 13.3. The summed E-state index contributed by atoms with van der Waals surface area (Å²) in [4.78, 5) is 10.0. The van der Waals surface area contributed by atoms with Gasteiger partial charge < -0.3 is 10.1 Å². The van der Waals surface area contributed by atoms with Crippen LogP contribution in [0.2, 0.25) is 0 Å². The molecule has 5 nitrogen and oxygen atoms in total. The summed E-state index contributed by atoms with van der Waals surface area (Å²) in [5.41, 5.74) is 0.0787. The lowest BCUT2D eigenvalue weighted by Crippen LogP contribution is -2.36. The summed E-state index contributed by atoms with van der Waals surface area (Å²) in [6.45, 7) is 4.88. The van der Waals surface area contributed by atoms with Crippen molar-refractivity contribution in [2.45, 2.75) is 38.8 Å². The molecule has 0 aromatic heterocycles. The van der Waals surface area contributed by atoms with E-state index >= 15 is 0 Å². The predicted octanol–water partition coefficient (Wildman–Crippen LogP) is 3.35. The Morgan fingerprint density at radius 1 is 1.50 bits per heavy atom. The molecule has 0 radical (unpaired) electrons. The van der Waals surface area contributed by atoms with Gasteiger partial charge in [0.25, 0.3) is 0 Å². The molecule has 1 aromatic carbocycles. The Kier molecular flexibility index (Phi) is 4.54. The standard InChI is InChI=1S/C14H19FN2O3/c1-9(2)14-8-11(5-6-20-14)16-10-3-4-12(15)13(7-10)17(18)19/h3-4,7,9,11,14,16H,5-6,8H2,1-2H3. The zero-order chi connectivity index (χ0) is 14.7. The van der Waals surface area contributed by atoms with Crippen LogP contribution < -0.4 is 5.32 Å². The highest BCUT2D eigenvalue weighted by atomic mass is 19.1. The fourth-order valence-corrected chi connectivity index (χ4v) is 2.40. The molecule has 6 heteroatoms. The van der Waals surface area contributed by atoms with Gasteiger partial charge in [0.05, 0.1) is 11.0 Å². The highest BCUT2D eigenvalue weighted by molar-refractivity contribution is 5.52. The third-order valence-electron chi connectivity index (χ3n) is 3.57. The first-order chi connectivity index (χ1) is 9.47. The van der Waals surface area contributed by atoms with Gasteiger partial charge in [-0.1, -0.05) is 13.8 Å². The molecular formula is C14H19FN2O3. The number of nitrogens with one attached hydrogen (secondary N) is 1. The monoisotopic (exact) mass is 282 g/mol. The van der Waals surface area contributed by atoms with Crippen molar-refractivity contribution in [2.75, 3.05) is 11.9 Å². The van der Waals surface area contributed by atoms with E-state index in [0.717, 1.165) is 18.9 Å². The summed E-state index contributed by atoms with van der Waals surface area (Å²) in [6, 6.07) is 4.10.